The van der Waals surface area contributed by atoms with Crippen LogP contribution in [0.4, 0.5) is 0 Å². The Kier molecular flexibility index (Phi) is 4.75. The minimum atomic E-state index is 0.0365. The minimum absolute atomic E-state index is 0.0365. The molecule has 1 saturated heterocycles. The normalized spacial score (nSPS) is 18.4. The van der Waals surface area contributed by atoms with Gasteiger partial charge in [-0.2, -0.15) is 0 Å². The molecule has 2 rings (SSSR count). The summed E-state index contributed by atoms with van der Waals surface area (Å²) in [5.74, 6) is 0.549. The van der Waals surface area contributed by atoms with Crippen molar-refractivity contribution < 1.29 is 4.79 Å². The Labute approximate surface area is 124 Å². The molecule has 0 radical (unpaired) electrons. The monoisotopic (exact) mass is 299 g/mol. The van der Waals surface area contributed by atoms with Gasteiger partial charge in [0.15, 0.2) is 0 Å². The van der Waals surface area contributed by atoms with Crippen molar-refractivity contribution in [2.45, 2.75) is 32.1 Å². The van der Waals surface area contributed by atoms with Crippen molar-refractivity contribution in [3.63, 3.8) is 0 Å². The summed E-state index contributed by atoms with van der Waals surface area (Å²) in [6, 6.07) is 5.59. The van der Waals surface area contributed by atoms with E-state index in [1.54, 1.807) is 6.07 Å². The zero-order valence-corrected chi connectivity index (χ0v) is 12.8. The first-order valence-corrected chi connectivity index (χ1v) is 7.50. The van der Waals surface area contributed by atoms with Gasteiger partial charge in [-0.3, -0.25) is 4.79 Å². The van der Waals surface area contributed by atoms with Crippen molar-refractivity contribution in [2.75, 3.05) is 13.1 Å². The summed E-state index contributed by atoms with van der Waals surface area (Å²) in [6.07, 6.45) is 1.94. The maximum atomic E-state index is 12.5. The number of likely N-dealkylation sites (tertiary alicyclic amines) is 1. The van der Waals surface area contributed by atoms with Crippen LogP contribution in [0, 0.1) is 12.8 Å². The maximum absolute atomic E-state index is 12.5. The van der Waals surface area contributed by atoms with E-state index < -0.39 is 0 Å². The Hall–Kier alpha value is -0.730. The van der Waals surface area contributed by atoms with E-state index in [-0.39, 0.29) is 11.3 Å². The molecule has 0 spiro atoms. The molecule has 1 aliphatic heterocycles. The highest BCUT2D eigenvalue weighted by Crippen LogP contribution is 2.27. The Morgan fingerprint density at radius 2 is 2.00 bits per heavy atom. The largest absolute Gasteiger partial charge is 0.339 e. The number of hydrogen-bond acceptors (Lipinski definition) is 1. The zero-order valence-electron chi connectivity index (χ0n) is 11.3. The fraction of sp³-hybridized carbons (Fsp3) is 0.533. The number of halogens is 2. The van der Waals surface area contributed by atoms with Crippen LogP contribution in [0.25, 0.3) is 0 Å². The molecule has 1 atom stereocenters. The average molecular weight is 300 g/mol. The highest BCUT2D eigenvalue weighted by atomic mass is 35.5. The van der Waals surface area contributed by atoms with Gasteiger partial charge in [0, 0.05) is 18.5 Å². The molecule has 0 aliphatic carbocycles. The second kappa shape index (κ2) is 6.15. The Morgan fingerprint density at radius 1 is 1.37 bits per heavy atom. The minimum Gasteiger partial charge on any atom is -0.339 e. The van der Waals surface area contributed by atoms with Crippen molar-refractivity contribution in [1.82, 2.24) is 4.90 Å². The lowest BCUT2D eigenvalue weighted by Crippen LogP contribution is -2.40. The number of hydrogen-bond donors (Lipinski definition) is 0. The van der Waals surface area contributed by atoms with Crippen LogP contribution in [-0.4, -0.2) is 29.3 Å². The van der Waals surface area contributed by atoms with Crippen LogP contribution in [0.15, 0.2) is 18.2 Å². The van der Waals surface area contributed by atoms with Crippen molar-refractivity contribution in [3.8, 4) is 0 Å². The predicted molar refractivity (Wildman–Crippen MR) is 80.1 cm³/mol. The topological polar surface area (TPSA) is 20.3 Å². The average Bonchev–Trinajstić information content (AvgIpc) is 2.41. The van der Waals surface area contributed by atoms with Crippen LogP contribution < -0.4 is 0 Å². The first kappa shape index (κ1) is 14.7. The second-order valence-electron chi connectivity index (χ2n) is 5.24. The molecular formula is C15H19Cl2NO. The summed E-state index contributed by atoms with van der Waals surface area (Å²) in [5.41, 5.74) is 1.55. The number of nitrogens with zero attached hydrogens (tertiary/aromatic N) is 1. The third-order valence-electron chi connectivity index (χ3n) is 3.90. The van der Waals surface area contributed by atoms with Crippen molar-refractivity contribution in [2.24, 2.45) is 5.92 Å². The molecule has 0 N–H and O–H groups in total. The van der Waals surface area contributed by atoms with E-state index in [9.17, 15) is 4.79 Å². The molecule has 1 fully saturated rings. The van der Waals surface area contributed by atoms with Gasteiger partial charge < -0.3 is 4.90 Å². The van der Waals surface area contributed by atoms with Gasteiger partial charge in [0.2, 0.25) is 0 Å². The molecule has 0 saturated carbocycles. The molecule has 1 aromatic rings. The standard InChI is InChI=1S/C15H19Cl2NO/c1-10-4-3-5-13(14(10)17)15(19)18-8-6-12(7-9-18)11(2)16/h3-5,11-12H,6-9H2,1-2H3. The molecule has 1 aliphatic rings. The van der Waals surface area contributed by atoms with Crippen LogP contribution in [-0.2, 0) is 0 Å². The van der Waals surface area contributed by atoms with E-state index in [4.69, 9.17) is 23.2 Å². The summed E-state index contributed by atoms with van der Waals surface area (Å²) >= 11 is 12.3. The lowest BCUT2D eigenvalue weighted by Gasteiger charge is -2.33. The molecule has 0 bridgehead atoms. The number of piperidine rings is 1. The van der Waals surface area contributed by atoms with Crippen LogP contribution in [0.2, 0.25) is 5.02 Å². The van der Waals surface area contributed by atoms with Crippen LogP contribution in [0.1, 0.15) is 35.7 Å². The smallest absolute Gasteiger partial charge is 0.255 e. The van der Waals surface area contributed by atoms with E-state index in [0.717, 1.165) is 31.5 Å². The number of benzene rings is 1. The van der Waals surface area contributed by atoms with Crippen molar-refractivity contribution >= 4 is 29.1 Å². The van der Waals surface area contributed by atoms with E-state index in [1.807, 2.05) is 30.9 Å². The second-order valence-corrected chi connectivity index (χ2v) is 6.31. The van der Waals surface area contributed by atoms with Gasteiger partial charge in [-0.15, -0.1) is 11.6 Å². The zero-order chi connectivity index (χ0) is 14.0. The van der Waals surface area contributed by atoms with E-state index in [2.05, 4.69) is 0 Å². The van der Waals surface area contributed by atoms with Gasteiger partial charge >= 0.3 is 0 Å². The Bertz CT molecular complexity index is 465. The number of aryl methyl sites for hydroxylation is 1. The number of alkyl halides is 1. The van der Waals surface area contributed by atoms with Crippen LogP contribution >= 0.6 is 23.2 Å². The fourth-order valence-electron chi connectivity index (χ4n) is 2.54. The highest BCUT2D eigenvalue weighted by Gasteiger charge is 2.27. The van der Waals surface area contributed by atoms with Crippen LogP contribution in [0.5, 0.6) is 0 Å². The van der Waals surface area contributed by atoms with Gasteiger partial charge in [0.1, 0.15) is 0 Å². The molecule has 104 valence electrons. The Morgan fingerprint density at radius 3 is 2.58 bits per heavy atom. The Balaban J connectivity index is 2.07. The number of carbonyl (C=O) groups is 1. The summed E-state index contributed by atoms with van der Waals surface area (Å²) in [6.45, 7) is 5.48. The SMILES string of the molecule is Cc1cccc(C(=O)N2CCC(C(C)Cl)CC2)c1Cl. The van der Waals surface area contributed by atoms with Gasteiger partial charge in [0.25, 0.3) is 5.91 Å². The summed E-state index contributed by atoms with van der Waals surface area (Å²) in [4.78, 5) is 14.3. The number of rotatable bonds is 2. The first-order valence-electron chi connectivity index (χ1n) is 6.69. The molecule has 0 aromatic heterocycles. The third-order valence-corrected chi connectivity index (χ3v) is 4.76. The maximum Gasteiger partial charge on any atom is 0.255 e. The van der Waals surface area contributed by atoms with Crippen LogP contribution in [0.3, 0.4) is 0 Å². The molecule has 1 unspecified atom stereocenters. The summed E-state index contributed by atoms with van der Waals surface area (Å²) in [5, 5.41) is 0.750. The molecule has 1 amide bonds. The lowest BCUT2D eigenvalue weighted by molar-refractivity contribution is 0.0690. The third kappa shape index (κ3) is 3.24. The number of carbonyl (C=O) groups excluding carboxylic acids is 1. The molecule has 4 heteroatoms. The van der Waals surface area contributed by atoms with Gasteiger partial charge in [-0.25, -0.2) is 0 Å². The molecular weight excluding hydrogens is 281 g/mol. The van der Waals surface area contributed by atoms with Gasteiger partial charge in [-0.05, 0) is 44.2 Å². The van der Waals surface area contributed by atoms with E-state index in [0.29, 0.717) is 16.5 Å². The summed E-state index contributed by atoms with van der Waals surface area (Å²) in [7, 11) is 0. The molecule has 2 nitrogen and oxygen atoms in total. The lowest BCUT2D eigenvalue weighted by atomic mass is 9.93. The van der Waals surface area contributed by atoms with Gasteiger partial charge in [0.05, 0.1) is 10.6 Å². The molecule has 1 heterocycles. The van der Waals surface area contributed by atoms with Gasteiger partial charge in [-0.1, -0.05) is 23.7 Å². The fourth-order valence-corrected chi connectivity index (χ4v) is 3.00. The van der Waals surface area contributed by atoms with E-state index in [1.165, 1.54) is 0 Å². The first-order chi connectivity index (χ1) is 9.00. The van der Waals surface area contributed by atoms with E-state index >= 15 is 0 Å². The van der Waals surface area contributed by atoms with Crippen molar-refractivity contribution in [3.05, 3.63) is 34.3 Å². The quantitative estimate of drug-likeness (QED) is 0.752. The summed E-state index contributed by atoms with van der Waals surface area (Å²) < 4.78 is 0. The molecule has 1 aromatic carbocycles. The molecule has 19 heavy (non-hydrogen) atoms. The number of amides is 1. The highest BCUT2D eigenvalue weighted by molar-refractivity contribution is 6.34. The van der Waals surface area contributed by atoms with Crippen molar-refractivity contribution in [1.29, 1.82) is 0 Å². The predicted octanol–water partition coefficient (Wildman–Crippen LogP) is 4.13.